The second-order valence-electron chi connectivity index (χ2n) is 7.02. The van der Waals surface area contributed by atoms with E-state index in [1.165, 1.54) is 24.5 Å². The van der Waals surface area contributed by atoms with E-state index in [1.807, 2.05) is 0 Å². The Morgan fingerprint density at radius 1 is 1.03 bits per heavy atom. The van der Waals surface area contributed by atoms with Crippen molar-refractivity contribution in [2.24, 2.45) is 0 Å². The number of benzene rings is 1. The van der Waals surface area contributed by atoms with Crippen LogP contribution in [-0.4, -0.2) is 58.3 Å². The van der Waals surface area contributed by atoms with Crippen molar-refractivity contribution >= 4 is 34.8 Å². The molecule has 31 heavy (non-hydrogen) atoms. The van der Waals surface area contributed by atoms with Crippen LogP contribution in [0.4, 0.5) is 27.4 Å². The van der Waals surface area contributed by atoms with Crippen molar-refractivity contribution in [1.29, 1.82) is 0 Å². The highest BCUT2D eigenvalue weighted by Gasteiger charge is 2.23. The van der Waals surface area contributed by atoms with E-state index >= 15 is 0 Å². The summed E-state index contributed by atoms with van der Waals surface area (Å²) in [5.41, 5.74) is 1.97. The molecule has 4 rings (SSSR count). The number of pyridine rings is 1. The molecular weight excluding hydrogens is 401 g/mol. The first-order valence-electron chi connectivity index (χ1n) is 9.58. The van der Waals surface area contributed by atoms with Crippen LogP contribution in [0.25, 0.3) is 0 Å². The van der Waals surface area contributed by atoms with Crippen LogP contribution in [0.15, 0.2) is 55.1 Å². The predicted octanol–water partition coefficient (Wildman–Crippen LogP) is 2.29. The molecule has 0 atom stereocenters. The summed E-state index contributed by atoms with van der Waals surface area (Å²) in [6, 6.07) is 7.50. The number of carbonyl (C=O) groups is 2. The number of nitrogens with one attached hydrogen (secondary N) is 2. The summed E-state index contributed by atoms with van der Waals surface area (Å²) >= 11 is 0. The maximum absolute atomic E-state index is 13.1. The van der Waals surface area contributed by atoms with Gasteiger partial charge in [0, 0.05) is 44.4 Å². The van der Waals surface area contributed by atoms with Gasteiger partial charge in [0.25, 0.3) is 5.91 Å². The molecule has 1 aliphatic heterocycles. The lowest BCUT2D eigenvalue weighted by Crippen LogP contribution is -2.49. The molecule has 0 aliphatic carbocycles. The molecular formula is C21H20FN7O2. The van der Waals surface area contributed by atoms with Crippen molar-refractivity contribution in [1.82, 2.24) is 19.9 Å². The van der Waals surface area contributed by atoms with Crippen molar-refractivity contribution < 1.29 is 14.0 Å². The van der Waals surface area contributed by atoms with E-state index < -0.39 is 5.91 Å². The Hall–Kier alpha value is -4.08. The van der Waals surface area contributed by atoms with Crippen molar-refractivity contribution in [2.45, 2.75) is 0 Å². The molecule has 2 amide bonds. The maximum atomic E-state index is 13.1. The van der Waals surface area contributed by atoms with Gasteiger partial charge < -0.3 is 20.4 Å². The second-order valence-corrected chi connectivity index (χ2v) is 7.02. The van der Waals surface area contributed by atoms with E-state index in [9.17, 15) is 14.0 Å². The Bertz CT molecular complexity index is 1090. The first-order chi connectivity index (χ1) is 15.0. The van der Waals surface area contributed by atoms with Crippen LogP contribution >= 0.6 is 0 Å². The SMILES string of the molecule is CN1CCN(c2ncc(C(=O)Nc3ccncc3Nc3ccc(F)cc3)cn2)CC1=O. The lowest BCUT2D eigenvalue weighted by atomic mass is 10.2. The average molecular weight is 421 g/mol. The lowest BCUT2D eigenvalue weighted by molar-refractivity contribution is -0.129. The Morgan fingerprint density at radius 3 is 2.48 bits per heavy atom. The fourth-order valence-electron chi connectivity index (χ4n) is 3.02. The molecule has 3 aromatic rings. The molecule has 10 heteroatoms. The van der Waals surface area contributed by atoms with E-state index in [4.69, 9.17) is 0 Å². The van der Waals surface area contributed by atoms with Crippen LogP contribution in [0.3, 0.4) is 0 Å². The minimum absolute atomic E-state index is 0.00413. The summed E-state index contributed by atoms with van der Waals surface area (Å²) in [7, 11) is 1.76. The predicted molar refractivity (Wildman–Crippen MR) is 114 cm³/mol. The van der Waals surface area contributed by atoms with Gasteiger partial charge in [0.1, 0.15) is 5.82 Å². The van der Waals surface area contributed by atoms with Crippen LogP contribution in [0.5, 0.6) is 0 Å². The summed E-state index contributed by atoms with van der Waals surface area (Å²) in [6.45, 7) is 1.43. The Morgan fingerprint density at radius 2 is 1.77 bits per heavy atom. The quantitative estimate of drug-likeness (QED) is 0.651. The third kappa shape index (κ3) is 4.74. The molecule has 0 unspecified atom stereocenters. The Kier molecular flexibility index (Phi) is 5.69. The van der Waals surface area contributed by atoms with Crippen LogP contribution < -0.4 is 15.5 Å². The maximum Gasteiger partial charge on any atom is 0.258 e. The van der Waals surface area contributed by atoms with Crippen molar-refractivity contribution in [3.05, 3.63) is 66.5 Å². The Balaban J connectivity index is 1.45. The van der Waals surface area contributed by atoms with Crippen molar-refractivity contribution in [3.8, 4) is 0 Å². The number of nitrogens with zero attached hydrogens (tertiary/aromatic N) is 5. The second kappa shape index (κ2) is 8.74. The average Bonchev–Trinajstić information content (AvgIpc) is 2.78. The van der Waals surface area contributed by atoms with Gasteiger partial charge in [0.15, 0.2) is 0 Å². The van der Waals surface area contributed by atoms with Crippen molar-refractivity contribution in [2.75, 3.05) is 42.2 Å². The van der Waals surface area contributed by atoms with Gasteiger partial charge in [-0.15, -0.1) is 0 Å². The van der Waals surface area contributed by atoms with Gasteiger partial charge in [0.2, 0.25) is 11.9 Å². The normalized spacial score (nSPS) is 13.8. The molecule has 2 aromatic heterocycles. The largest absolute Gasteiger partial charge is 0.353 e. The number of amides is 2. The number of likely N-dealkylation sites (N-methyl/N-ethyl adjacent to an activating group) is 1. The molecule has 2 N–H and O–H groups in total. The zero-order valence-corrected chi connectivity index (χ0v) is 16.7. The van der Waals surface area contributed by atoms with Gasteiger partial charge in [-0.3, -0.25) is 14.6 Å². The fourth-order valence-corrected chi connectivity index (χ4v) is 3.02. The Labute approximate surface area is 177 Å². The zero-order valence-electron chi connectivity index (χ0n) is 16.7. The molecule has 1 saturated heterocycles. The molecule has 1 aliphatic rings. The summed E-state index contributed by atoms with van der Waals surface area (Å²) < 4.78 is 13.1. The number of piperazine rings is 1. The van der Waals surface area contributed by atoms with Gasteiger partial charge >= 0.3 is 0 Å². The number of aromatic nitrogens is 3. The first-order valence-corrected chi connectivity index (χ1v) is 9.58. The molecule has 1 fully saturated rings. The third-order valence-electron chi connectivity index (χ3n) is 4.83. The molecule has 0 bridgehead atoms. The van der Waals surface area contributed by atoms with E-state index in [2.05, 4.69) is 25.6 Å². The van der Waals surface area contributed by atoms with Crippen molar-refractivity contribution in [3.63, 3.8) is 0 Å². The standard InChI is InChI=1S/C21H20FN7O2/c1-28-8-9-29(13-19(28)30)21-24-10-14(11-25-21)20(31)27-17-6-7-23-12-18(17)26-16-4-2-15(22)3-5-16/h2-7,10-12,26H,8-9,13H2,1H3,(H,23,27,31). The molecule has 1 aromatic carbocycles. The van der Waals surface area contributed by atoms with E-state index in [0.29, 0.717) is 36.1 Å². The molecule has 9 nitrogen and oxygen atoms in total. The van der Waals surface area contributed by atoms with E-state index in [-0.39, 0.29) is 23.8 Å². The van der Waals surface area contributed by atoms with Gasteiger partial charge in [-0.25, -0.2) is 14.4 Å². The van der Waals surface area contributed by atoms with Crippen LogP contribution in [0.2, 0.25) is 0 Å². The summed E-state index contributed by atoms with van der Waals surface area (Å²) in [5, 5.41) is 5.90. The number of rotatable bonds is 5. The summed E-state index contributed by atoms with van der Waals surface area (Å²) in [5.74, 6) is -0.333. The number of carbonyl (C=O) groups excluding carboxylic acids is 2. The summed E-state index contributed by atoms with van der Waals surface area (Å²) in [6.07, 6.45) is 5.96. The topological polar surface area (TPSA) is 103 Å². The van der Waals surface area contributed by atoms with Gasteiger partial charge in [0.05, 0.1) is 29.7 Å². The fraction of sp³-hybridized carbons (Fsp3) is 0.190. The minimum Gasteiger partial charge on any atom is -0.353 e. The lowest BCUT2D eigenvalue weighted by Gasteiger charge is -2.31. The number of anilines is 4. The smallest absolute Gasteiger partial charge is 0.258 e. The van der Waals surface area contributed by atoms with Crippen LogP contribution in [-0.2, 0) is 4.79 Å². The van der Waals surface area contributed by atoms with E-state index in [0.717, 1.165) is 0 Å². The molecule has 0 spiro atoms. The zero-order chi connectivity index (χ0) is 21.8. The molecule has 3 heterocycles. The minimum atomic E-state index is -0.394. The molecule has 0 saturated carbocycles. The number of halogens is 1. The molecule has 0 radical (unpaired) electrons. The highest BCUT2D eigenvalue weighted by molar-refractivity contribution is 6.05. The van der Waals surface area contributed by atoms with Gasteiger partial charge in [-0.1, -0.05) is 0 Å². The first kappa shape index (κ1) is 20.2. The van der Waals surface area contributed by atoms with Gasteiger partial charge in [-0.05, 0) is 30.3 Å². The highest BCUT2D eigenvalue weighted by Crippen LogP contribution is 2.25. The number of hydrogen-bond donors (Lipinski definition) is 2. The van der Waals surface area contributed by atoms with Crippen LogP contribution in [0, 0.1) is 5.82 Å². The van der Waals surface area contributed by atoms with Gasteiger partial charge in [-0.2, -0.15) is 0 Å². The molecule has 158 valence electrons. The monoisotopic (exact) mass is 421 g/mol. The van der Waals surface area contributed by atoms with Crippen LogP contribution in [0.1, 0.15) is 10.4 Å². The third-order valence-corrected chi connectivity index (χ3v) is 4.83. The summed E-state index contributed by atoms with van der Waals surface area (Å²) in [4.78, 5) is 40.5. The van der Waals surface area contributed by atoms with E-state index in [1.54, 1.807) is 47.4 Å². The highest BCUT2D eigenvalue weighted by atomic mass is 19.1. The number of hydrogen-bond acceptors (Lipinski definition) is 7.